The number of carbonyl (C=O) groups is 1. The number of hydrogen-bond acceptors (Lipinski definition) is 6. The van der Waals surface area contributed by atoms with Crippen LogP contribution in [0, 0.1) is 0 Å². The summed E-state index contributed by atoms with van der Waals surface area (Å²) >= 11 is 1.23. The van der Waals surface area contributed by atoms with E-state index < -0.39 is 11.2 Å². The molecule has 0 radical (unpaired) electrons. The van der Waals surface area contributed by atoms with Gasteiger partial charge in [0, 0.05) is 38.8 Å². The number of aromatic nitrogens is 3. The Morgan fingerprint density at radius 3 is 2.78 bits per heavy atom. The van der Waals surface area contributed by atoms with Gasteiger partial charge in [0.1, 0.15) is 5.65 Å². The Kier molecular flexibility index (Phi) is 5.56. The summed E-state index contributed by atoms with van der Waals surface area (Å²) in [5, 5.41) is 3.05. The molecule has 23 heavy (non-hydrogen) atoms. The molecule has 2 aromatic rings. The number of ether oxygens (including phenoxy) is 1. The predicted molar refractivity (Wildman–Crippen MR) is 87.8 cm³/mol. The van der Waals surface area contributed by atoms with Crippen LogP contribution in [-0.2, 0) is 23.6 Å². The van der Waals surface area contributed by atoms with E-state index in [0.717, 1.165) is 4.57 Å². The lowest BCUT2D eigenvalue weighted by molar-refractivity contribution is -0.118. The lowest BCUT2D eigenvalue weighted by atomic mass is 10.3. The van der Waals surface area contributed by atoms with Crippen molar-refractivity contribution in [3.63, 3.8) is 0 Å². The van der Waals surface area contributed by atoms with Crippen LogP contribution in [0.5, 0.6) is 0 Å². The number of rotatable bonds is 6. The van der Waals surface area contributed by atoms with Crippen molar-refractivity contribution < 1.29 is 9.53 Å². The molecular formula is C14H18N4O4S. The fourth-order valence-electron chi connectivity index (χ4n) is 2.07. The first kappa shape index (κ1) is 17.2. The van der Waals surface area contributed by atoms with Gasteiger partial charge in [-0.15, -0.1) is 11.8 Å². The van der Waals surface area contributed by atoms with Gasteiger partial charge in [-0.25, -0.2) is 9.78 Å². The fraction of sp³-hybridized carbons (Fsp3) is 0.429. The number of aryl methyl sites for hydroxylation is 1. The van der Waals surface area contributed by atoms with Crippen LogP contribution in [0.25, 0.3) is 11.0 Å². The Balaban J connectivity index is 2.30. The Bertz CT molecular complexity index is 843. The minimum absolute atomic E-state index is 0.154. The Labute approximate surface area is 136 Å². The molecule has 0 saturated heterocycles. The van der Waals surface area contributed by atoms with Crippen LogP contribution < -0.4 is 16.6 Å². The van der Waals surface area contributed by atoms with Crippen LogP contribution in [0.3, 0.4) is 0 Å². The predicted octanol–water partition coefficient (Wildman–Crippen LogP) is -0.513. The first-order chi connectivity index (χ1) is 11.0. The SMILES string of the molecule is COCCNC(=O)CSc1ccnc2c1c(=O)n(C)c(=O)n2C. The van der Waals surface area contributed by atoms with Crippen LogP contribution in [-0.4, -0.2) is 46.0 Å². The lowest BCUT2D eigenvalue weighted by Gasteiger charge is -2.10. The van der Waals surface area contributed by atoms with Crippen molar-refractivity contribution >= 4 is 28.7 Å². The second-order valence-electron chi connectivity index (χ2n) is 4.84. The van der Waals surface area contributed by atoms with Gasteiger partial charge in [0.15, 0.2) is 0 Å². The van der Waals surface area contributed by atoms with Gasteiger partial charge < -0.3 is 10.1 Å². The van der Waals surface area contributed by atoms with Crippen LogP contribution in [0.4, 0.5) is 0 Å². The first-order valence-corrected chi connectivity index (χ1v) is 7.89. The lowest BCUT2D eigenvalue weighted by Crippen LogP contribution is -2.37. The number of methoxy groups -OCH3 is 1. The summed E-state index contributed by atoms with van der Waals surface area (Å²) in [5.41, 5.74) is -0.546. The number of nitrogens with zero attached hydrogens (tertiary/aromatic N) is 3. The molecule has 9 heteroatoms. The molecule has 0 unspecified atom stereocenters. The van der Waals surface area contributed by atoms with Gasteiger partial charge in [-0.1, -0.05) is 0 Å². The zero-order valence-corrected chi connectivity index (χ0v) is 14.0. The monoisotopic (exact) mass is 338 g/mol. The second-order valence-corrected chi connectivity index (χ2v) is 5.86. The zero-order chi connectivity index (χ0) is 17.0. The summed E-state index contributed by atoms with van der Waals surface area (Å²) in [6.45, 7) is 0.875. The molecule has 2 rings (SSSR count). The van der Waals surface area contributed by atoms with E-state index in [-0.39, 0.29) is 11.7 Å². The molecule has 2 aromatic heterocycles. The third-order valence-electron chi connectivity index (χ3n) is 3.29. The number of thioether (sulfide) groups is 1. The van der Waals surface area contributed by atoms with Gasteiger partial charge in [0.25, 0.3) is 5.56 Å². The van der Waals surface area contributed by atoms with E-state index in [1.165, 1.54) is 29.6 Å². The minimum Gasteiger partial charge on any atom is -0.383 e. The van der Waals surface area contributed by atoms with Crippen LogP contribution in [0.2, 0.25) is 0 Å². The molecule has 0 aromatic carbocycles. The highest BCUT2D eigenvalue weighted by molar-refractivity contribution is 8.00. The van der Waals surface area contributed by atoms with E-state index in [4.69, 9.17) is 4.74 Å². The smallest absolute Gasteiger partial charge is 0.332 e. The van der Waals surface area contributed by atoms with Gasteiger partial charge >= 0.3 is 5.69 Å². The van der Waals surface area contributed by atoms with Crippen molar-refractivity contribution in [2.24, 2.45) is 14.1 Å². The van der Waals surface area contributed by atoms with Crippen LogP contribution >= 0.6 is 11.8 Å². The first-order valence-electron chi connectivity index (χ1n) is 6.90. The van der Waals surface area contributed by atoms with Crippen molar-refractivity contribution in [3.05, 3.63) is 33.1 Å². The van der Waals surface area contributed by atoms with Crippen LogP contribution in [0.15, 0.2) is 26.7 Å². The summed E-state index contributed by atoms with van der Waals surface area (Å²) in [4.78, 5) is 40.8. The molecule has 124 valence electrons. The standard InChI is InChI=1S/C14H18N4O4S/c1-17-12-11(13(20)18(2)14(17)21)9(4-5-16-12)23-8-10(19)15-6-7-22-3/h4-5H,6-8H2,1-3H3,(H,15,19). The maximum Gasteiger partial charge on any atom is 0.332 e. The third kappa shape index (κ3) is 3.62. The molecule has 8 nitrogen and oxygen atoms in total. The van der Waals surface area contributed by atoms with E-state index in [0.29, 0.717) is 29.1 Å². The summed E-state index contributed by atoms with van der Waals surface area (Å²) in [5.74, 6) is 0.00751. The second kappa shape index (κ2) is 7.42. The summed E-state index contributed by atoms with van der Waals surface area (Å²) < 4.78 is 7.21. The van der Waals surface area contributed by atoms with Crippen LogP contribution in [0.1, 0.15) is 0 Å². The molecule has 0 atom stereocenters. The molecule has 0 aliphatic carbocycles. The number of carbonyl (C=O) groups excluding carboxylic acids is 1. The van der Waals surface area contributed by atoms with E-state index in [1.807, 2.05) is 0 Å². The van der Waals surface area contributed by atoms with Crippen molar-refractivity contribution in [1.29, 1.82) is 0 Å². The maximum atomic E-state index is 12.4. The molecule has 0 spiro atoms. The third-order valence-corrected chi connectivity index (χ3v) is 4.35. The Hall–Kier alpha value is -2.13. The molecule has 1 N–H and O–H groups in total. The number of nitrogens with one attached hydrogen (secondary N) is 1. The van der Waals surface area contributed by atoms with Gasteiger partial charge in [0.05, 0.1) is 17.7 Å². The number of amides is 1. The highest BCUT2D eigenvalue weighted by Gasteiger charge is 2.14. The Morgan fingerprint density at radius 2 is 2.09 bits per heavy atom. The normalized spacial score (nSPS) is 10.9. The average molecular weight is 338 g/mol. The van der Waals surface area contributed by atoms with Crippen molar-refractivity contribution in [3.8, 4) is 0 Å². The number of pyridine rings is 1. The fourth-order valence-corrected chi connectivity index (χ4v) is 2.93. The molecule has 0 fully saturated rings. The quantitative estimate of drug-likeness (QED) is 0.563. The van der Waals surface area contributed by atoms with E-state index in [1.54, 1.807) is 20.2 Å². The number of hydrogen-bond donors (Lipinski definition) is 1. The van der Waals surface area contributed by atoms with E-state index in [2.05, 4.69) is 10.3 Å². The van der Waals surface area contributed by atoms with E-state index in [9.17, 15) is 14.4 Å². The van der Waals surface area contributed by atoms with Gasteiger partial charge in [0.2, 0.25) is 5.91 Å². The highest BCUT2D eigenvalue weighted by Crippen LogP contribution is 2.23. The van der Waals surface area contributed by atoms with Gasteiger partial charge in [-0.05, 0) is 6.07 Å². The zero-order valence-electron chi connectivity index (χ0n) is 13.2. The van der Waals surface area contributed by atoms with Gasteiger partial charge in [-0.3, -0.25) is 18.7 Å². The summed E-state index contributed by atoms with van der Waals surface area (Å²) in [6, 6.07) is 1.67. The molecular weight excluding hydrogens is 320 g/mol. The van der Waals surface area contributed by atoms with Crippen molar-refractivity contribution in [1.82, 2.24) is 19.4 Å². The summed E-state index contributed by atoms with van der Waals surface area (Å²) in [7, 11) is 4.54. The molecule has 0 aliphatic rings. The molecule has 1 amide bonds. The summed E-state index contributed by atoms with van der Waals surface area (Å²) in [6.07, 6.45) is 1.52. The van der Waals surface area contributed by atoms with Crippen molar-refractivity contribution in [2.75, 3.05) is 26.0 Å². The Morgan fingerprint density at radius 1 is 1.35 bits per heavy atom. The molecule has 2 heterocycles. The van der Waals surface area contributed by atoms with Gasteiger partial charge in [-0.2, -0.15) is 0 Å². The number of fused-ring (bicyclic) bond motifs is 1. The molecule has 0 aliphatic heterocycles. The minimum atomic E-state index is -0.436. The molecule has 0 bridgehead atoms. The topological polar surface area (TPSA) is 95.2 Å². The largest absolute Gasteiger partial charge is 0.383 e. The maximum absolute atomic E-state index is 12.4. The average Bonchev–Trinajstić information content (AvgIpc) is 2.56. The molecule has 0 saturated carbocycles. The van der Waals surface area contributed by atoms with E-state index >= 15 is 0 Å². The highest BCUT2D eigenvalue weighted by atomic mass is 32.2. The van der Waals surface area contributed by atoms with Crippen molar-refractivity contribution in [2.45, 2.75) is 4.90 Å².